The Balaban J connectivity index is 2.32. The number of allylic oxidation sites excluding steroid dienone is 2. The maximum Gasteiger partial charge on any atom is 0.330 e. The number of fused-ring (bicyclic) bond motifs is 1. The Morgan fingerprint density at radius 1 is 1.39 bits per heavy atom. The van der Waals surface area contributed by atoms with E-state index in [1.807, 2.05) is 13.0 Å². The van der Waals surface area contributed by atoms with Crippen LogP contribution in [0.25, 0.3) is 0 Å². The zero-order valence-corrected chi connectivity index (χ0v) is 11.3. The van der Waals surface area contributed by atoms with Gasteiger partial charge in [-0.25, -0.2) is 4.79 Å². The molecule has 1 unspecified atom stereocenters. The molecule has 3 heteroatoms. The van der Waals surface area contributed by atoms with Crippen molar-refractivity contribution in [2.45, 2.75) is 46.1 Å². The second kappa shape index (κ2) is 4.88. The molecule has 0 aliphatic heterocycles. The average molecular weight is 250 g/mol. The Bertz CT molecular complexity index is 419. The summed E-state index contributed by atoms with van der Waals surface area (Å²) in [6, 6.07) is 0. The minimum Gasteiger partial charge on any atom is -0.478 e. The summed E-state index contributed by atoms with van der Waals surface area (Å²) in [4.78, 5) is 10.9. The molecule has 1 saturated carbocycles. The molecule has 0 aromatic carbocycles. The first kappa shape index (κ1) is 13.3. The van der Waals surface area contributed by atoms with Crippen LogP contribution in [-0.2, 0) is 4.79 Å². The van der Waals surface area contributed by atoms with E-state index in [4.69, 9.17) is 5.11 Å². The van der Waals surface area contributed by atoms with Gasteiger partial charge in [0.05, 0.1) is 6.10 Å². The van der Waals surface area contributed by atoms with Crippen molar-refractivity contribution >= 4 is 5.97 Å². The quantitative estimate of drug-likeness (QED) is 0.585. The second-order valence-electron chi connectivity index (χ2n) is 5.81. The molecule has 0 heterocycles. The zero-order valence-electron chi connectivity index (χ0n) is 11.3. The Morgan fingerprint density at radius 2 is 2.06 bits per heavy atom. The lowest BCUT2D eigenvalue weighted by Gasteiger charge is -2.33. The third-order valence-corrected chi connectivity index (χ3v) is 4.64. The van der Waals surface area contributed by atoms with E-state index in [-0.39, 0.29) is 12.0 Å². The molecule has 0 amide bonds. The summed E-state index contributed by atoms with van der Waals surface area (Å²) in [7, 11) is 0. The topological polar surface area (TPSA) is 57.5 Å². The molecule has 0 aromatic heterocycles. The van der Waals surface area contributed by atoms with Crippen LogP contribution in [0.4, 0.5) is 0 Å². The predicted octanol–water partition coefficient (Wildman–Crippen LogP) is 2.76. The lowest BCUT2D eigenvalue weighted by Crippen LogP contribution is -2.24. The van der Waals surface area contributed by atoms with Crippen molar-refractivity contribution in [1.82, 2.24) is 0 Å². The minimum atomic E-state index is -0.845. The number of carboxylic acids is 1. The highest BCUT2D eigenvalue weighted by atomic mass is 16.4. The van der Waals surface area contributed by atoms with Crippen LogP contribution in [-0.4, -0.2) is 22.3 Å². The van der Waals surface area contributed by atoms with Crippen molar-refractivity contribution in [1.29, 1.82) is 0 Å². The van der Waals surface area contributed by atoms with Crippen molar-refractivity contribution in [2.24, 2.45) is 17.8 Å². The number of hydrogen-bond donors (Lipinski definition) is 2. The number of carbonyl (C=O) groups is 1. The molecular weight excluding hydrogens is 228 g/mol. The lowest BCUT2D eigenvalue weighted by atomic mass is 9.71. The van der Waals surface area contributed by atoms with E-state index in [9.17, 15) is 9.90 Å². The van der Waals surface area contributed by atoms with Gasteiger partial charge in [-0.05, 0) is 56.4 Å². The average Bonchev–Trinajstić information content (AvgIpc) is 2.61. The third-order valence-electron chi connectivity index (χ3n) is 4.64. The molecule has 0 spiro atoms. The van der Waals surface area contributed by atoms with Crippen molar-refractivity contribution in [3.8, 4) is 0 Å². The van der Waals surface area contributed by atoms with E-state index in [2.05, 4.69) is 6.92 Å². The van der Waals surface area contributed by atoms with E-state index in [1.54, 1.807) is 6.92 Å². The first-order valence-electron chi connectivity index (χ1n) is 6.72. The SMILES string of the molecule is CC1=C2[C@H](/C=C(\C)C(=O)O)CC[C@H](C)[C@@H]2CC1O. The molecule has 2 aliphatic rings. The smallest absolute Gasteiger partial charge is 0.330 e. The van der Waals surface area contributed by atoms with Crippen molar-refractivity contribution in [2.75, 3.05) is 0 Å². The number of aliphatic hydroxyl groups excluding tert-OH is 1. The summed E-state index contributed by atoms with van der Waals surface area (Å²) >= 11 is 0. The molecule has 0 saturated heterocycles. The van der Waals surface area contributed by atoms with Crippen LogP contribution in [0, 0.1) is 17.8 Å². The van der Waals surface area contributed by atoms with Crippen LogP contribution in [0.1, 0.15) is 40.0 Å². The summed E-state index contributed by atoms with van der Waals surface area (Å²) in [5.41, 5.74) is 2.79. The maximum absolute atomic E-state index is 10.9. The van der Waals surface area contributed by atoms with Gasteiger partial charge < -0.3 is 10.2 Å². The highest BCUT2D eigenvalue weighted by Gasteiger charge is 2.39. The monoisotopic (exact) mass is 250 g/mol. The Kier molecular flexibility index (Phi) is 3.62. The van der Waals surface area contributed by atoms with Gasteiger partial charge in [-0.2, -0.15) is 0 Å². The summed E-state index contributed by atoms with van der Waals surface area (Å²) in [6.45, 7) is 5.88. The van der Waals surface area contributed by atoms with E-state index >= 15 is 0 Å². The van der Waals surface area contributed by atoms with Gasteiger partial charge in [-0.1, -0.05) is 18.6 Å². The normalized spacial score (nSPS) is 36.8. The van der Waals surface area contributed by atoms with Crippen LogP contribution in [0.3, 0.4) is 0 Å². The zero-order chi connectivity index (χ0) is 13.4. The maximum atomic E-state index is 10.9. The summed E-state index contributed by atoms with van der Waals surface area (Å²) < 4.78 is 0. The molecule has 18 heavy (non-hydrogen) atoms. The Labute approximate surface area is 108 Å². The van der Waals surface area contributed by atoms with Gasteiger partial charge in [0.15, 0.2) is 0 Å². The molecule has 0 radical (unpaired) electrons. The summed E-state index contributed by atoms with van der Waals surface area (Å²) in [6.07, 6.45) is 4.48. The highest BCUT2D eigenvalue weighted by Crippen LogP contribution is 2.48. The van der Waals surface area contributed by atoms with Crippen molar-refractivity contribution in [3.63, 3.8) is 0 Å². The number of carboxylic acid groups (broad SMARTS) is 1. The van der Waals surface area contributed by atoms with Gasteiger partial charge in [-0.15, -0.1) is 0 Å². The van der Waals surface area contributed by atoms with Crippen molar-refractivity contribution < 1.29 is 15.0 Å². The number of rotatable bonds is 2. The minimum absolute atomic E-state index is 0.208. The fourth-order valence-electron chi connectivity index (χ4n) is 3.48. The van der Waals surface area contributed by atoms with E-state index < -0.39 is 5.97 Å². The first-order valence-corrected chi connectivity index (χ1v) is 6.72. The summed E-state index contributed by atoms with van der Waals surface area (Å²) in [5.74, 6) is 0.403. The van der Waals surface area contributed by atoms with Gasteiger partial charge in [0.25, 0.3) is 0 Å². The van der Waals surface area contributed by atoms with Crippen LogP contribution in [0.2, 0.25) is 0 Å². The standard InChI is InChI=1S/C15H22O3/c1-8-4-5-11(6-9(2)15(17)18)14-10(3)13(16)7-12(8)14/h6,8,11-13,16H,4-5,7H2,1-3H3,(H,17,18)/b9-6+/t8-,11-,12-,13?/m0/s1. The fourth-order valence-corrected chi connectivity index (χ4v) is 3.48. The first-order chi connectivity index (χ1) is 8.41. The molecule has 1 fully saturated rings. The molecular formula is C15H22O3. The molecule has 4 atom stereocenters. The van der Waals surface area contributed by atoms with Gasteiger partial charge in [0.1, 0.15) is 0 Å². The van der Waals surface area contributed by atoms with Gasteiger partial charge in [-0.3, -0.25) is 0 Å². The number of aliphatic carboxylic acids is 1. The van der Waals surface area contributed by atoms with Crippen LogP contribution in [0.15, 0.2) is 22.8 Å². The molecule has 100 valence electrons. The molecule has 2 rings (SSSR count). The number of aliphatic hydroxyl groups is 1. The highest BCUT2D eigenvalue weighted by molar-refractivity contribution is 5.85. The van der Waals surface area contributed by atoms with E-state index in [0.717, 1.165) is 24.8 Å². The second-order valence-corrected chi connectivity index (χ2v) is 5.81. The third kappa shape index (κ3) is 2.24. The molecule has 3 nitrogen and oxygen atoms in total. The Hall–Kier alpha value is -1.09. The predicted molar refractivity (Wildman–Crippen MR) is 70.1 cm³/mol. The molecule has 2 aliphatic carbocycles. The van der Waals surface area contributed by atoms with E-state index in [0.29, 0.717) is 17.4 Å². The largest absolute Gasteiger partial charge is 0.478 e. The molecule has 0 bridgehead atoms. The van der Waals surface area contributed by atoms with Crippen LogP contribution < -0.4 is 0 Å². The van der Waals surface area contributed by atoms with Gasteiger partial charge in [0, 0.05) is 5.57 Å². The molecule has 2 N–H and O–H groups in total. The van der Waals surface area contributed by atoms with Gasteiger partial charge >= 0.3 is 5.97 Å². The lowest BCUT2D eigenvalue weighted by molar-refractivity contribution is -0.132. The Morgan fingerprint density at radius 3 is 2.67 bits per heavy atom. The fraction of sp³-hybridized carbons (Fsp3) is 0.667. The number of hydrogen-bond acceptors (Lipinski definition) is 2. The van der Waals surface area contributed by atoms with Gasteiger partial charge in [0.2, 0.25) is 0 Å². The van der Waals surface area contributed by atoms with Crippen LogP contribution >= 0.6 is 0 Å². The molecule has 0 aromatic rings. The van der Waals surface area contributed by atoms with E-state index in [1.165, 1.54) is 5.57 Å². The van der Waals surface area contributed by atoms with Crippen LogP contribution in [0.5, 0.6) is 0 Å². The summed E-state index contributed by atoms with van der Waals surface area (Å²) in [5, 5.41) is 19.0. The van der Waals surface area contributed by atoms with Crippen molar-refractivity contribution in [3.05, 3.63) is 22.8 Å².